The molecule has 0 N–H and O–H groups in total. The molecule has 0 saturated heterocycles. The summed E-state index contributed by atoms with van der Waals surface area (Å²) in [5, 5.41) is 0. The molecular formula is C9H16BrNO. The Kier molecular flexibility index (Phi) is 3.16. The monoisotopic (exact) mass is 233 g/mol. The predicted octanol–water partition coefficient (Wildman–Crippen LogP) is 1.88. The van der Waals surface area contributed by atoms with Gasteiger partial charge in [0.2, 0.25) is 5.91 Å². The van der Waals surface area contributed by atoms with E-state index in [0.717, 1.165) is 13.0 Å². The van der Waals surface area contributed by atoms with Crippen LogP contribution in [-0.2, 0) is 4.79 Å². The second-order valence-corrected chi connectivity index (χ2v) is 5.38. The van der Waals surface area contributed by atoms with Crippen LogP contribution in [0.1, 0.15) is 20.3 Å². The summed E-state index contributed by atoms with van der Waals surface area (Å²) >= 11 is 3.43. The Hall–Kier alpha value is -0.0500. The zero-order valence-electron chi connectivity index (χ0n) is 7.88. The molecule has 1 saturated carbocycles. The largest absolute Gasteiger partial charge is 0.344 e. The molecule has 0 aliphatic heterocycles. The van der Waals surface area contributed by atoms with E-state index in [2.05, 4.69) is 29.8 Å². The number of halogens is 1. The number of nitrogens with zero attached hydrogens (tertiary/aromatic N) is 1. The number of amides is 1. The summed E-state index contributed by atoms with van der Waals surface area (Å²) in [4.78, 5) is 13.8. The first-order chi connectivity index (χ1) is 5.52. The van der Waals surface area contributed by atoms with Crippen LogP contribution in [0.5, 0.6) is 0 Å². The lowest BCUT2D eigenvalue weighted by atomic mass is 10.3. The number of rotatable bonds is 3. The highest BCUT2D eigenvalue weighted by Crippen LogP contribution is 2.38. The van der Waals surface area contributed by atoms with Crippen molar-refractivity contribution in [3.63, 3.8) is 0 Å². The van der Waals surface area contributed by atoms with Crippen LogP contribution >= 0.6 is 15.9 Å². The van der Waals surface area contributed by atoms with Gasteiger partial charge in [0.25, 0.3) is 0 Å². The predicted molar refractivity (Wildman–Crippen MR) is 53.3 cm³/mol. The molecule has 1 amide bonds. The van der Waals surface area contributed by atoms with E-state index >= 15 is 0 Å². The van der Waals surface area contributed by atoms with Gasteiger partial charge >= 0.3 is 0 Å². The van der Waals surface area contributed by atoms with E-state index in [-0.39, 0.29) is 0 Å². The minimum Gasteiger partial charge on any atom is -0.344 e. The van der Waals surface area contributed by atoms with Crippen molar-refractivity contribution in [3.05, 3.63) is 0 Å². The summed E-state index contributed by atoms with van der Waals surface area (Å²) in [6.07, 6.45) is 1.08. The van der Waals surface area contributed by atoms with E-state index in [1.54, 1.807) is 0 Å². The van der Waals surface area contributed by atoms with Gasteiger partial charge < -0.3 is 4.90 Å². The van der Waals surface area contributed by atoms with Crippen molar-refractivity contribution in [1.82, 2.24) is 4.90 Å². The molecule has 0 spiro atoms. The van der Waals surface area contributed by atoms with Gasteiger partial charge in [-0.2, -0.15) is 0 Å². The second kappa shape index (κ2) is 3.77. The maximum absolute atomic E-state index is 11.6. The smallest absolute Gasteiger partial charge is 0.225 e. The number of hydrogen-bond donors (Lipinski definition) is 0. The summed E-state index contributed by atoms with van der Waals surface area (Å²) in [7, 11) is 1.88. The van der Waals surface area contributed by atoms with Gasteiger partial charge in [0.05, 0.1) is 0 Å². The number of carbonyl (C=O) groups is 1. The fourth-order valence-corrected chi connectivity index (χ4v) is 1.85. The Morgan fingerprint density at radius 2 is 2.25 bits per heavy atom. The molecule has 2 nitrogen and oxygen atoms in total. The minimum atomic E-state index is 0.314. The molecule has 0 radical (unpaired) electrons. The van der Waals surface area contributed by atoms with E-state index in [9.17, 15) is 4.79 Å². The van der Waals surface area contributed by atoms with Gasteiger partial charge in [-0.15, -0.1) is 0 Å². The maximum Gasteiger partial charge on any atom is 0.225 e. The van der Waals surface area contributed by atoms with E-state index < -0.39 is 0 Å². The first-order valence-corrected chi connectivity index (χ1v) is 5.33. The van der Waals surface area contributed by atoms with Crippen molar-refractivity contribution in [1.29, 1.82) is 0 Å². The molecular weight excluding hydrogens is 218 g/mol. The normalized spacial score (nSPS) is 29.7. The maximum atomic E-state index is 11.6. The lowest BCUT2D eigenvalue weighted by molar-refractivity contribution is -0.131. The molecule has 12 heavy (non-hydrogen) atoms. The summed E-state index contributed by atoms with van der Waals surface area (Å²) in [5.41, 5.74) is 0. The van der Waals surface area contributed by atoms with E-state index in [1.165, 1.54) is 0 Å². The number of carbonyl (C=O) groups excluding carboxylic acids is 1. The molecule has 0 aromatic carbocycles. The van der Waals surface area contributed by atoms with Crippen LogP contribution in [0.4, 0.5) is 0 Å². The van der Waals surface area contributed by atoms with Crippen molar-refractivity contribution in [2.24, 2.45) is 11.8 Å². The van der Waals surface area contributed by atoms with Crippen molar-refractivity contribution < 1.29 is 4.79 Å². The fraction of sp³-hybridized carbons (Fsp3) is 0.889. The summed E-state index contributed by atoms with van der Waals surface area (Å²) in [5.74, 6) is 1.25. The zero-order valence-corrected chi connectivity index (χ0v) is 9.47. The lowest BCUT2D eigenvalue weighted by Gasteiger charge is -2.18. The molecule has 0 aromatic heterocycles. The molecule has 3 heteroatoms. The molecule has 3 unspecified atom stereocenters. The third-order valence-electron chi connectivity index (χ3n) is 2.33. The molecule has 1 rings (SSSR count). The van der Waals surface area contributed by atoms with E-state index in [0.29, 0.717) is 22.6 Å². The van der Waals surface area contributed by atoms with Crippen molar-refractivity contribution >= 4 is 21.8 Å². The molecule has 3 atom stereocenters. The van der Waals surface area contributed by atoms with E-state index in [4.69, 9.17) is 0 Å². The molecule has 70 valence electrons. The summed E-state index contributed by atoms with van der Waals surface area (Å²) in [6, 6.07) is 0. The van der Waals surface area contributed by atoms with Gasteiger partial charge in [0, 0.05) is 24.3 Å². The van der Waals surface area contributed by atoms with Crippen LogP contribution in [0, 0.1) is 11.8 Å². The Labute approximate surface area is 82.4 Å². The van der Waals surface area contributed by atoms with Gasteiger partial charge in [0.15, 0.2) is 0 Å². The first-order valence-electron chi connectivity index (χ1n) is 4.41. The minimum absolute atomic E-state index is 0.314. The average molecular weight is 234 g/mol. The van der Waals surface area contributed by atoms with E-state index in [1.807, 2.05) is 11.9 Å². The third kappa shape index (κ3) is 2.47. The zero-order chi connectivity index (χ0) is 9.30. The molecule has 1 aliphatic rings. The molecule has 1 fully saturated rings. The van der Waals surface area contributed by atoms with Crippen LogP contribution in [0.15, 0.2) is 0 Å². The Bertz CT molecular complexity index is 181. The van der Waals surface area contributed by atoms with Gasteiger partial charge in [-0.3, -0.25) is 4.79 Å². The van der Waals surface area contributed by atoms with Crippen LogP contribution in [-0.4, -0.2) is 29.2 Å². The summed E-state index contributed by atoms with van der Waals surface area (Å²) < 4.78 is 0. The van der Waals surface area contributed by atoms with Gasteiger partial charge in [0.1, 0.15) is 0 Å². The van der Waals surface area contributed by atoms with Crippen molar-refractivity contribution in [3.8, 4) is 0 Å². The van der Waals surface area contributed by atoms with Crippen molar-refractivity contribution in [2.75, 3.05) is 13.6 Å². The fourth-order valence-electron chi connectivity index (χ4n) is 1.42. The average Bonchev–Trinajstić information content (AvgIpc) is 2.64. The van der Waals surface area contributed by atoms with Crippen molar-refractivity contribution in [2.45, 2.75) is 25.1 Å². The Morgan fingerprint density at radius 1 is 1.75 bits per heavy atom. The highest BCUT2D eigenvalue weighted by Gasteiger charge is 2.40. The lowest BCUT2D eigenvalue weighted by Crippen LogP contribution is -2.32. The highest BCUT2D eigenvalue weighted by atomic mass is 79.9. The van der Waals surface area contributed by atoms with Crippen LogP contribution in [0.2, 0.25) is 0 Å². The topological polar surface area (TPSA) is 20.3 Å². The third-order valence-corrected chi connectivity index (χ3v) is 2.62. The quantitative estimate of drug-likeness (QED) is 0.683. The van der Waals surface area contributed by atoms with Crippen LogP contribution in [0.3, 0.4) is 0 Å². The van der Waals surface area contributed by atoms with Gasteiger partial charge in [-0.05, 0) is 12.3 Å². The van der Waals surface area contributed by atoms with Crippen LogP contribution < -0.4 is 0 Å². The van der Waals surface area contributed by atoms with Gasteiger partial charge in [-0.25, -0.2) is 0 Å². The molecule has 1 aliphatic carbocycles. The SMILES string of the molecule is CC(Br)CN(C)C(=O)C1CC1C. The van der Waals surface area contributed by atoms with Crippen LogP contribution in [0.25, 0.3) is 0 Å². The first kappa shape index (κ1) is 10.0. The highest BCUT2D eigenvalue weighted by molar-refractivity contribution is 9.09. The molecule has 0 heterocycles. The standard InChI is InChI=1S/C9H16BrNO/c1-6-4-8(6)9(12)11(3)5-7(2)10/h6-8H,4-5H2,1-3H3. The Morgan fingerprint density at radius 3 is 2.58 bits per heavy atom. The number of hydrogen-bond acceptors (Lipinski definition) is 1. The molecule has 0 aromatic rings. The Balaban J connectivity index is 2.32. The molecule has 0 bridgehead atoms. The number of alkyl halides is 1. The van der Waals surface area contributed by atoms with Gasteiger partial charge in [-0.1, -0.05) is 29.8 Å². The second-order valence-electron chi connectivity index (χ2n) is 3.82. The summed E-state index contributed by atoms with van der Waals surface area (Å²) in [6.45, 7) is 5.00.